The van der Waals surface area contributed by atoms with Gasteiger partial charge in [0.15, 0.2) is 0 Å². The first-order valence-corrected chi connectivity index (χ1v) is 9.50. The molecule has 0 saturated carbocycles. The van der Waals surface area contributed by atoms with Crippen molar-refractivity contribution in [2.45, 2.75) is 13.0 Å². The van der Waals surface area contributed by atoms with Crippen molar-refractivity contribution in [3.63, 3.8) is 0 Å². The lowest BCUT2D eigenvalue weighted by Gasteiger charge is -2.22. The van der Waals surface area contributed by atoms with Gasteiger partial charge in [0.2, 0.25) is 0 Å². The zero-order chi connectivity index (χ0) is 18.9. The van der Waals surface area contributed by atoms with Crippen LogP contribution in [-0.4, -0.2) is 35.1 Å². The monoisotopic (exact) mass is 368 g/mol. The third-order valence-corrected chi connectivity index (χ3v) is 5.34. The van der Waals surface area contributed by atoms with E-state index in [1.165, 1.54) is 0 Å². The SMILES string of the molecule is O=C1c2cccc(N3C=CN=CC3)c2CN1CCc1ccc2ccccc2n1. The number of benzene rings is 2. The first-order chi connectivity index (χ1) is 13.8. The van der Waals surface area contributed by atoms with Crippen LogP contribution in [0.5, 0.6) is 0 Å². The van der Waals surface area contributed by atoms with Crippen molar-refractivity contribution in [3.8, 4) is 0 Å². The van der Waals surface area contributed by atoms with Gasteiger partial charge in [-0.05, 0) is 24.3 Å². The van der Waals surface area contributed by atoms with E-state index in [9.17, 15) is 4.79 Å². The van der Waals surface area contributed by atoms with Gasteiger partial charge in [-0.1, -0.05) is 30.3 Å². The maximum Gasteiger partial charge on any atom is 0.254 e. The molecule has 0 spiro atoms. The Balaban J connectivity index is 1.34. The summed E-state index contributed by atoms with van der Waals surface area (Å²) < 4.78 is 0. The maximum absolute atomic E-state index is 12.9. The number of pyridine rings is 1. The highest BCUT2D eigenvalue weighted by Crippen LogP contribution is 2.32. The van der Waals surface area contributed by atoms with Gasteiger partial charge >= 0.3 is 0 Å². The molecule has 1 amide bonds. The van der Waals surface area contributed by atoms with Crippen LogP contribution in [-0.2, 0) is 13.0 Å². The van der Waals surface area contributed by atoms with Gasteiger partial charge in [0.25, 0.3) is 5.91 Å². The van der Waals surface area contributed by atoms with Gasteiger partial charge in [-0.25, -0.2) is 0 Å². The smallest absolute Gasteiger partial charge is 0.254 e. The Morgan fingerprint density at radius 3 is 2.82 bits per heavy atom. The van der Waals surface area contributed by atoms with Crippen molar-refractivity contribution in [2.75, 3.05) is 18.0 Å². The minimum Gasteiger partial charge on any atom is -0.341 e. The normalized spacial score (nSPS) is 15.5. The quantitative estimate of drug-likeness (QED) is 0.704. The molecule has 0 unspecified atom stereocenters. The third-order valence-electron chi connectivity index (χ3n) is 5.34. The highest BCUT2D eigenvalue weighted by atomic mass is 16.2. The molecular formula is C23H20N4O. The Kier molecular flexibility index (Phi) is 4.13. The van der Waals surface area contributed by atoms with Gasteiger partial charge in [0.05, 0.1) is 12.1 Å². The Morgan fingerprint density at radius 2 is 1.93 bits per heavy atom. The number of fused-ring (bicyclic) bond motifs is 2. The van der Waals surface area contributed by atoms with E-state index in [2.05, 4.69) is 34.2 Å². The van der Waals surface area contributed by atoms with Crippen LogP contribution < -0.4 is 4.90 Å². The highest BCUT2D eigenvalue weighted by molar-refractivity contribution is 6.00. The second-order valence-corrected chi connectivity index (χ2v) is 7.06. The molecule has 0 N–H and O–H groups in total. The molecule has 0 radical (unpaired) electrons. The molecule has 3 heterocycles. The van der Waals surface area contributed by atoms with Crippen molar-refractivity contribution in [1.29, 1.82) is 0 Å². The van der Waals surface area contributed by atoms with E-state index in [1.54, 1.807) is 6.20 Å². The van der Waals surface area contributed by atoms with Crippen LogP contribution in [0.2, 0.25) is 0 Å². The fourth-order valence-corrected chi connectivity index (χ4v) is 3.88. The van der Waals surface area contributed by atoms with Crippen LogP contribution in [0, 0.1) is 0 Å². The summed E-state index contributed by atoms with van der Waals surface area (Å²) in [6, 6.07) is 18.2. The number of hydrogen-bond donors (Lipinski definition) is 0. The molecule has 0 fully saturated rings. The molecule has 2 aliphatic heterocycles. The molecule has 1 aromatic heterocycles. The van der Waals surface area contributed by atoms with Gasteiger partial charge in [-0.2, -0.15) is 0 Å². The molecule has 5 rings (SSSR count). The maximum atomic E-state index is 12.9. The average molecular weight is 368 g/mol. The van der Waals surface area contributed by atoms with Crippen molar-refractivity contribution in [1.82, 2.24) is 9.88 Å². The molecule has 0 saturated heterocycles. The second kappa shape index (κ2) is 6.93. The van der Waals surface area contributed by atoms with Gasteiger partial charge in [-0.15, -0.1) is 0 Å². The molecule has 0 aliphatic carbocycles. The van der Waals surface area contributed by atoms with E-state index >= 15 is 0 Å². The predicted octanol–water partition coefficient (Wildman–Crippen LogP) is 3.80. The standard InChI is InChI=1S/C23H20N4O/c28-23-19-5-3-7-22(26-14-11-24-12-15-26)20(19)16-27(23)13-10-18-9-8-17-4-1-2-6-21(17)25-18/h1-9,11-12,14H,10,13,15-16H2. The van der Waals surface area contributed by atoms with Crippen LogP contribution in [0.4, 0.5) is 5.69 Å². The highest BCUT2D eigenvalue weighted by Gasteiger charge is 2.30. The summed E-state index contributed by atoms with van der Waals surface area (Å²) in [7, 11) is 0. The molecule has 5 heteroatoms. The number of hydrogen-bond acceptors (Lipinski definition) is 4. The predicted molar refractivity (Wildman–Crippen MR) is 112 cm³/mol. The Bertz CT molecular complexity index is 1120. The van der Waals surface area contributed by atoms with Gasteiger partial charge in [-0.3, -0.25) is 14.8 Å². The number of carbonyl (C=O) groups is 1. The molecule has 5 nitrogen and oxygen atoms in total. The summed E-state index contributed by atoms with van der Waals surface area (Å²) in [5.74, 6) is 0.104. The number of anilines is 1. The first kappa shape index (κ1) is 16.7. The Morgan fingerprint density at radius 1 is 1.00 bits per heavy atom. The summed E-state index contributed by atoms with van der Waals surface area (Å²) in [6.07, 6.45) is 6.36. The van der Waals surface area contributed by atoms with E-state index in [4.69, 9.17) is 4.98 Å². The second-order valence-electron chi connectivity index (χ2n) is 7.06. The van der Waals surface area contributed by atoms with Crippen LogP contribution in [0.3, 0.4) is 0 Å². The summed E-state index contributed by atoms with van der Waals surface area (Å²) in [6.45, 7) is 2.02. The van der Waals surface area contributed by atoms with E-state index in [0.717, 1.165) is 46.4 Å². The fourth-order valence-electron chi connectivity index (χ4n) is 3.88. The van der Waals surface area contributed by atoms with Crippen molar-refractivity contribution < 1.29 is 4.79 Å². The van der Waals surface area contributed by atoms with Gasteiger partial charge in [0, 0.05) is 66.0 Å². The number of para-hydroxylation sites is 1. The zero-order valence-corrected chi connectivity index (χ0v) is 15.5. The molecule has 0 atom stereocenters. The number of carbonyl (C=O) groups excluding carboxylic acids is 1. The third kappa shape index (κ3) is 2.95. The van der Waals surface area contributed by atoms with E-state index in [1.807, 2.05) is 47.6 Å². The van der Waals surface area contributed by atoms with Crippen molar-refractivity contribution in [2.24, 2.45) is 4.99 Å². The fraction of sp³-hybridized carbons (Fsp3) is 0.174. The number of nitrogens with zero attached hydrogens (tertiary/aromatic N) is 4. The molecule has 0 bridgehead atoms. The molecule has 2 aromatic carbocycles. The first-order valence-electron chi connectivity index (χ1n) is 9.50. The zero-order valence-electron chi connectivity index (χ0n) is 15.5. The molecule has 3 aromatic rings. The number of aliphatic imine (C=N–C) groups is 1. The van der Waals surface area contributed by atoms with Crippen LogP contribution in [0.1, 0.15) is 21.6 Å². The van der Waals surface area contributed by atoms with Crippen molar-refractivity contribution in [3.05, 3.63) is 83.8 Å². The number of aromatic nitrogens is 1. The molecular weight excluding hydrogens is 348 g/mol. The van der Waals surface area contributed by atoms with Crippen LogP contribution in [0.15, 0.2) is 72.0 Å². The lowest BCUT2D eigenvalue weighted by Crippen LogP contribution is -2.26. The molecule has 2 aliphatic rings. The van der Waals surface area contributed by atoms with E-state index < -0.39 is 0 Å². The van der Waals surface area contributed by atoms with Crippen LogP contribution in [0.25, 0.3) is 10.9 Å². The Labute approximate surface area is 163 Å². The average Bonchev–Trinajstić information content (AvgIpc) is 3.08. The van der Waals surface area contributed by atoms with E-state index in [0.29, 0.717) is 13.1 Å². The lowest BCUT2D eigenvalue weighted by atomic mass is 10.1. The molecule has 138 valence electrons. The summed E-state index contributed by atoms with van der Waals surface area (Å²) in [4.78, 5) is 25.8. The summed E-state index contributed by atoms with van der Waals surface area (Å²) in [5, 5.41) is 1.14. The summed E-state index contributed by atoms with van der Waals surface area (Å²) in [5.41, 5.74) is 4.99. The topological polar surface area (TPSA) is 48.8 Å². The largest absolute Gasteiger partial charge is 0.341 e. The Hall–Kier alpha value is -3.47. The minimum absolute atomic E-state index is 0.104. The lowest BCUT2D eigenvalue weighted by molar-refractivity contribution is 0.0780. The van der Waals surface area contributed by atoms with E-state index in [-0.39, 0.29) is 5.91 Å². The van der Waals surface area contributed by atoms with Gasteiger partial charge in [0.1, 0.15) is 0 Å². The van der Waals surface area contributed by atoms with Crippen molar-refractivity contribution >= 4 is 28.7 Å². The number of amides is 1. The van der Waals surface area contributed by atoms with Gasteiger partial charge < -0.3 is 9.80 Å². The van der Waals surface area contributed by atoms with Crippen LogP contribution >= 0.6 is 0 Å². The minimum atomic E-state index is 0.104. The summed E-state index contributed by atoms with van der Waals surface area (Å²) >= 11 is 0. The molecule has 28 heavy (non-hydrogen) atoms. The number of rotatable bonds is 4.